The molecule has 1 aliphatic rings. The van der Waals surface area contributed by atoms with Crippen molar-refractivity contribution in [3.05, 3.63) is 59.7 Å². The Kier molecular flexibility index (Phi) is 4.48. The monoisotopic (exact) mass is 455 g/mol. The van der Waals surface area contributed by atoms with Crippen LogP contribution in [0.25, 0.3) is 33.1 Å². The molecule has 0 spiro atoms. The third-order valence-corrected chi connectivity index (χ3v) is 6.81. The molecule has 0 saturated heterocycles. The number of furan rings is 1. The predicted octanol–water partition coefficient (Wildman–Crippen LogP) is 3.85. The minimum Gasteiger partial charge on any atom is -0.461 e. The van der Waals surface area contributed by atoms with E-state index in [0.717, 1.165) is 63.7 Å². The van der Waals surface area contributed by atoms with Crippen LogP contribution in [0.3, 0.4) is 0 Å². The molecule has 1 unspecified atom stereocenters. The van der Waals surface area contributed by atoms with E-state index in [2.05, 4.69) is 21.2 Å². The third-order valence-electron chi connectivity index (χ3n) is 6.81. The highest BCUT2D eigenvalue weighted by atomic mass is 16.3. The lowest BCUT2D eigenvalue weighted by atomic mass is 9.91. The fourth-order valence-corrected chi connectivity index (χ4v) is 5.06. The molecule has 4 heterocycles. The number of aromatic nitrogens is 5. The van der Waals surface area contributed by atoms with Gasteiger partial charge in [0.2, 0.25) is 0 Å². The van der Waals surface area contributed by atoms with Gasteiger partial charge in [0.05, 0.1) is 40.4 Å². The minimum atomic E-state index is -0.0533. The molecule has 1 atom stereocenters. The normalized spacial score (nSPS) is 15.7. The van der Waals surface area contributed by atoms with E-state index >= 15 is 0 Å². The first-order valence-corrected chi connectivity index (χ1v) is 11.3. The Balaban J connectivity index is 1.37. The van der Waals surface area contributed by atoms with Gasteiger partial charge in [-0.1, -0.05) is 0 Å². The zero-order valence-corrected chi connectivity index (χ0v) is 19.3. The first-order valence-electron chi connectivity index (χ1n) is 11.3. The Hall–Kier alpha value is -4.14. The quantitative estimate of drug-likeness (QED) is 0.443. The highest BCUT2D eigenvalue weighted by Gasteiger charge is 2.31. The molecule has 9 heteroatoms. The summed E-state index contributed by atoms with van der Waals surface area (Å²) in [6.07, 6.45) is 8.16. The molecule has 1 aliphatic carbocycles. The maximum atomic E-state index is 13.6. The maximum absolute atomic E-state index is 13.6. The number of carbonyl (C=O) groups excluding carboxylic acids is 1. The second kappa shape index (κ2) is 7.44. The van der Waals surface area contributed by atoms with Crippen LogP contribution in [0.2, 0.25) is 0 Å². The van der Waals surface area contributed by atoms with Crippen molar-refractivity contribution < 1.29 is 9.21 Å². The van der Waals surface area contributed by atoms with Gasteiger partial charge in [0.15, 0.2) is 0 Å². The van der Waals surface area contributed by atoms with Crippen molar-refractivity contribution >= 4 is 33.5 Å². The molecule has 1 aromatic carbocycles. The minimum absolute atomic E-state index is 0.0454. The number of hydrogen-bond donors (Lipinski definition) is 1. The lowest BCUT2D eigenvalue weighted by Crippen LogP contribution is -2.33. The van der Waals surface area contributed by atoms with Crippen LogP contribution in [-0.2, 0) is 20.5 Å². The van der Waals surface area contributed by atoms with Crippen molar-refractivity contribution in [3.8, 4) is 11.3 Å². The van der Waals surface area contributed by atoms with E-state index in [0.29, 0.717) is 11.4 Å². The number of aryl methyl sites for hydroxylation is 3. The molecular formula is C25H25N7O2. The summed E-state index contributed by atoms with van der Waals surface area (Å²) >= 11 is 0. The van der Waals surface area contributed by atoms with Crippen LogP contribution in [-0.4, -0.2) is 42.4 Å². The van der Waals surface area contributed by atoms with Gasteiger partial charge in [-0.05, 0) is 37.1 Å². The molecule has 0 saturated carbocycles. The fraction of sp³-hybridized carbons (Fsp3) is 0.280. The molecule has 6 rings (SSSR count). The average molecular weight is 456 g/mol. The Bertz CT molecular complexity index is 1580. The summed E-state index contributed by atoms with van der Waals surface area (Å²) in [4.78, 5) is 19.9. The summed E-state index contributed by atoms with van der Waals surface area (Å²) in [6, 6.07) is 7.57. The highest BCUT2D eigenvalue weighted by Crippen LogP contribution is 2.39. The van der Waals surface area contributed by atoms with Crippen LogP contribution in [0.5, 0.6) is 0 Å². The van der Waals surface area contributed by atoms with Crippen molar-refractivity contribution in [2.24, 2.45) is 14.1 Å². The summed E-state index contributed by atoms with van der Waals surface area (Å²) in [5, 5.41) is 10.2. The van der Waals surface area contributed by atoms with Crippen molar-refractivity contribution in [2.45, 2.75) is 25.3 Å². The standard InChI is InChI=1S/C25H25N7O2/c1-30-13-15(11-27-30)22-10-17-20(5-4-6-21(17)34-22)31(2)25(33)14-7-8-19-16(9-14)23-18(24(26)29-19)12-28-32(23)3/h7-13,20H,4-6H2,1-3H3,(H2,26,29). The van der Waals surface area contributed by atoms with Gasteiger partial charge in [-0.25, -0.2) is 4.98 Å². The van der Waals surface area contributed by atoms with E-state index in [1.165, 1.54) is 0 Å². The molecule has 0 radical (unpaired) electrons. The molecule has 2 N–H and O–H groups in total. The number of pyridine rings is 1. The molecule has 4 aromatic heterocycles. The molecule has 9 nitrogen and oxygen atoms in total. The number of nitrogens with zero attached hydrogens (tertiary/aromatic N) is 6. The van der Waals surface area contributed by atoms with Crippen molar-refractivity contribution in [3.63, 3.8) is 0 Å². The van der Waals surface area contributed by atoms with Crippen LogP contribution in [0.4, 0.5) is 5.82 Å². The summed E-state index contributed by atoms with van der Waals surface area (Å²) < 4.78 is 9.70. The smallest absolute Gasteiger partial charge is 0.254 e. The van der Waals surface area contributed by atoms with Gasteiger partial charge in [-0.15, -0.1) is 0 Å². The van der Waals surface area contributed by atoms with Gasteiger partial charge in [-0.2, -0.15) is 10.2 Å². The van der Waals surface area contributed by atoms with Crippen LogP contribution in [0, 0.1) is 0 Å². The maximum Gasteiger partial charge on any atom is 0.254 e. The molecule has 0 bridgehead atoms. The Morgan fingerprint density at radius 2 is 2.03 bits per heavy atom. The molecule has 34 heavy (non-hydrogen) atoms. The van der Waals surface area contributed by atoms with E-state index in [1.54, 1.807) is 21.8 Å². The second-order valence-electron chi connectivity index (χ2n) is 8.98. The van der Waals surface area contributed by atoms with Gasteiger partial charge >= 0.3 is 0 Å². The van der Waals surface area contributed by atoms with E-state index in [1.807, 2.05) is 50.4 Å². The first kappa shape index (κ1) is 20.5. The highest BCUT2D eigenvalue weighted by molar-refractivity contribution is 6.10. The Morgan fingerprint density at radius 3 is 2.82 bits per heavy atom. The number of benzene rings is 1. The summed E-state index contributed by atoms with van der Waals surface area (Å²) in [7, 11) is 5.61. The summed E-state index contributed by atoms with van der Waals surface area (Å²) in [5.74, 6) is 2.13. The van der Waals surface area contributed by atoms with Crippen molar-refractivity contribution in [2.75, 3.05) is 12.8 Å². The molecule has 0 fully saturated rings. The number of carbonyl (C=O) groups is 1. The largest absolute Gasteiger partial charge is 0.461 e. The molecule has 172 valence electrons. The van der Waals surface area contributed by atoms with Crippen LogP contribution in [0.1, 0.15) is 40.6 Å². The van der Waals surface area contributed by atoms with Crippen LogP contribution in [0.15, 0.2) is 47.3 Å². The van der Waals surface area contributed by atoms with E-state index in [9.17, 15) is 4.79 Å². The summed E-state index contributed by atoms with van der Waals surface area (Å²) in [6.45, 7) is 0. The number of nitrogen functional groups attached to an aromatic ring is 1. The fourth-order valence-electron chi connectivity index (χ4n) is 5.06. The van der Waals surface area contributed by atoms with Gasteiger partial charge in [0.25, 0.3) is 5.91 Å². The zero-order valence-electron chi connectivity index (χ0n) is 19.3. The lowest BCUT2D eigenvalue weighted by molar-refractivity contribution is 0.0713. The number of rotatable bonds is 3. The van der Waals surface area contributed by atoms with E-state index in [4.69, 9.17) is 10.2 Å². The molecule has 0 aliphatic heterocycles. The average Bonchev–Trinajstić information content (AvgIpc) is 3.56. The second-order valence-corrected chi connectivity index (χ2v) is 8.98. The first-order chi connectivity index (χ1) is 16.4. The van der Waals surface area contributed by atoms with Crippen LogP contribution >= 0.6 is 0 Å². The Labute approximate surface area is 195 Å². The van der Waals surface area contributed by atoms with E-state index in [-0.39, 0.29) is 11.9 Å². The number of amides is 1. The number of fused-ring (bicyclic) bond motifs is 4. The SMILES string of the molecule is CN(C(=O)c1ccc2nc(N)c3cnn(C)c3c2c1)C1CCCc2oc(-c3cnn(C)c3)cc21. The Morgan fingerprint density at radius 1 is 1.18 bits per heavy atom. The van der Waals surface area contributed by atoms with Gasteiger partial charge in [-0.3, -0.25) is 14.2 Å². The summed E-state index contributed by atoms with van der Waals surface area (Å²) in [5.41, 5.74) is 10.3. The molecule has 1 amide bonds. The third kappa shape index (κ3) is 3.07. The predicted molar refractivity (Wildman–Crippen MR) is 129 cm³/mol. The van der Waals surface area contributed by atoms with Gasteiger partial charge in [0, 0.05) is 50.3 Å². The van der Waals surface area contributed by atoms with Gasteiger partial charge < -0.3 is 15.1 Å². The molecular weight excluding hydrogens is 430 g/mol. The number of hydrogen-bond acceptors (Lipinski definition) is 6. The number of anilines is 1. The topological polar surface area (TPSA) is 108 Å². The van der Waals surface area contributed by atoms with Gasteiger partial charge in [0.1, 0.15) is 17.3 Å². The van der Waals surface area contributed by atoms with Crippen LogP contribution < -0.4 is 5.73 Å². The molecule has 5 aromatic rings. The lowest BCUT2D eigenvalue weighted by Gasteiger charge is -2.31. The van der Waals surface area contributed by atoms with Crippen molar-refractivity contribution in [1.82, 2.24) is 29.4 Å². The van der Waals surface area contributed by atoms with Crippen molar-refractivity contribution in [1.29, 1.82) is 0 Å². The zero-order chi connectivity index (χ0) is 23.6. The van der Waals surface area contributed by atoms with E-state index < -0.39 is 0 Å². The number of nitrogens with two attached hydrogens (primary N) is 1.